The lowest BCUT2D eigenvalue weighted by molar-refractivity contribution is -0.153. The van der Waals surface area contributed by atoms with Gasteiger partial charge in [-0.25, -0.2) is 4.79 Å². The summed E-state index contributed by atoms with van der Waals surface area (Å²) in [6, 6.07) is 14.7. The molecule has 0 bridgehead atoms. The van der Waals surface area contributed by atoms with Gasteiger partial charge in [0, 0.05) is 18.7 Å². The molecule has 2 aromatic carbocycles. The maximum atomic E-state index is 12.3. The number of ketones is 1. The molecule has 1 aliphatic heterocycles. The molecule has 0 N–H and O–H groups in total. The molecule has 2 aromatic rings. The van der Waals surface area contributed by atoms with Crippen LogP contribution < -0.4 is 9.47 Å². The van der Waals surface area contributed by atoms with Gasteiger partial charge in [-0.1, -0.05) is 36.4 Å². The van der Waals surface area contributed by atoms with Gasteiger partial charge in [-0.2, -0.15) is 0 Å². The first-order chi connectivity index (χ1) is 15.0. The quantitative estimate of drug-likeness (QED) is 0.479. The maximum Gasteiger partial charge on any atom is 0.344 e. The van der Waals surface area contributed by atoms with Crippen molar-refractivity contribution in [1.82, 2.24) is 4.90 Å². The van der Waals surface area contributed by atoms with Crippen LogP contribution in [-0.2, 0) is 14.3 Å². The van der Waals surface area contributed by atoms with Gasteiger partial charge in [0.2, 0.25) is 0 Å². The first-order valence-corrected chi connectivity index (χ1v) is 9.97. The summed E-state index contributed by atoms with van der Waals surface area (Å²) in [4.78, 5) is 37.4. The van der Waals surface area contributed by atoms with Gasteiger partial charge in [0.25, 0.3) is 5.91 Å². The lowest BCUT2D eigenvalue weighted by Gasteiger charge is -2.26. The lowest BCUT2D eigenvalue weighted by atomic mass is 10.00. The van der Waals surface area contributed by atoms with Crippen molar-refractivity contribution in [2.45, 2.75) is 13.3 Å². The van der Waals surface area contributed by atoms with Crippen molar-refractivity contribution in [2.75, 3.05) is 33.4 Å². The molecule has 0 unspecified atom stereocenters. The summed E-state index contributed by atoms with van der Waals surface area (Å²) >= 11 is 0. The van der Waals surface area contributed by atoms with E-state index >= 15 is 0 Å². The van der Waals surface area contributed by atoms with E-state index in [0.29, 0.717) is 30.2 Å². The molecule has 0 saturated heterocycles. The molecule has 0 atom stereocenters. The molecule has 7 heteroatoms. The van der Waals surface area contributed by atoms with Crippen molar-refractivity contribution in [3.8, 4) is 11.5 Å². The molecule has 0 aromatic heterocycles. The van der Waals surface area contributed by atoms with Gasteiger partial charge < -0.3 is 19.1 Å². The van der Waals surface area contributed by atoms with Crippen LogP contribution in [0.3, 0.4) is 0 Å². The fraction of sp³-hybridized carbons (Fsp3) is 0.292. The first kappa shape index (κ1) is 22.1. The number of amides is 1. The minimum absolute atomic E-state index is 0.105. The van der Waals surface area contributed by atoms with E-state index in [-0.39, 0.29) is 24.9 Å². The average Bonchev–Trinajstić information content (AvgIpc) is 2.81. The Hall–Kier alpha value is -3.61. The number of esters is 1. The number of rotatable bonds is 8. The van der Waals surface area contributed by atoms with Crippen molar-refractivity contribution < 1.29 is 28.6 Å². The summed E-state index contributed by atoms with van der Waals surface area (Å²) in [6.07, 6.45) is 2.78. The van der Waals surface area contributed by atoms with Crippen molar-refractivity contribution in [2.24, 2.45) is 0 Å². The Kier molecular flexibility index (Phi) is 7.43. The minimum atomic E-state index is -0.663. The van der Waals surface area contributed by atoms with Crippen LogP contribution in [0.4, 0.5) is 0 Å². The van der Waals surface area contributed by atoms with Crippen LogP contribution in [0, 0.1) is 0 Å². The largest absolute Gasteiger partial charge is 0.493 e. The minimum Gasteiger partial charge on any atom is -0.493 e. The van der Waals surface area contributed by atoms with E-state index in [1.807, 2.05) is 36.4 Å². The van der Waals surface area contributed by atoms with E-state index in [4.69, 9.17) is 14.2 Å². The van der Waals surface area contributed by atoms with Gasteiger partial charge in [0.05, 0.1) is 7.11 Å². The number of Topliss-reactive ketones (excluding diaryl/α,β-unsaturated/α-hetero) is 1. The number of nitrogens with zero attached hydrogens (tertiary/aromatic N) is 1. The molecular weight excluding hydrogens is 398 g/mol. The summed E-state index contributed by atoms with van der Waals surface area (Å²) in [5.74, 6) is -0.369. The molecule has 0 radical (unpaired) electrons. The van der Waals surface area contributed by atoms with Crippen LogP contribution in [0.5, 0.6) is 11.5 Å². The van der Waals surface area contributed by atoms with Crippen LogP contribution in [0.15, 0.2) is 54.6 Å². The summed E-state index contributed by atoms with van der Waals surface area (Å²) < 4.78 is 15.7. The van der Waals surface area contributed by atoms with Crippen molar-refractivity contribution in [1.29, 1.82) is 0 Å². The van der Waals surface area contributed by atoms with Crippen LogP contribution in [0.2, 0.25) is 0 Å². The Morgan fingerprint density at radius 3 is 2.42 bits per heavy atom. The average molecular weight is 423 g/mol. The molecule has 0 aliphatic carbocycles. The monoisotopic (exact) mass is 423 g/mol. The lowest BCUT2D eigenvalue weighted by Crippen LogP contribution is -2.38. The third-order valence-electron chi connectivity index (χ3n) is 4.98. The number of hydrogen-bond donors (Lipinski definition) is 0. The Bertz CT molecular complexity index is 983. The van der Waals surface area contributed by atoms with E-state index in [1.54, 1.807) is 23.1 Å². The SMILES string of the molecule is COc1cc(C(C)=O)ccc1OCC(=O)OCC(=O)N1CC=C(c2ccccc2)CC1. The predicted octanol–water partition coefficient (Wildman–Crippen LogP) is 3.14. The highest BCUT2D eigenvalue weighted by Gasteiger charge is 2.19. The molecule has 0 saturated carbocycles. The van der Waals surface area contributed by atoms with E-state index in [9.17, 15) is 14.4 Å². The van der Waals surface area contributed by atoms with Crippen LogP contribution in [0.25, 0.3) is 5.57 Å². The summed E-state index contributed by atoms with van der Waals surface area (Å²) in [5.41, 5.74) is 2.84. The smallest absolute Gasteiger partial charge is 0.344 e. The molecule has 7 nitrogen and oxygen atoms in total. The second-order valence-corrected chi connectivity index (χ2v) is 7.06. The standard InChI is InChI=1S/C24H25NO6/c1-17(26)20-8-9-21(22(14-20)29-2)30-16-24(28)31-15-23(27)25-12-10-19(11-13-25)18-6-4-3-5-7-18/h3-10,14H,11-13,15-16H2,1-2H3. The third kappa shape index (κ3) is 5.94. The highest BCUT2D eigenvalue weighted by molar-refractivity contribution is 5.94. The third-order valence-corrected chi connectivity index (χ3v) is 4.98. The van der Waals surface area contributed by atoms with Crippen molar-refractivity contribution >= 4 is 23.2 Å². The highest BCUT2D eigenvalue weighted by atomic mass is 16.6. The summed E-state index contributed by atoms with van der Waals surface area (Å²) in [6.45, 7) is 1.80. The van der Waals surface area contributed by atoms with E-state index in [1.165, 1.54) is 19.6 Å². The number of methoxy groups -OCH3 is 1. The number of carbonyl (C=O) groups excluding carboxylic acids is 3. The van der Waals surface area contributed by atoms with E-state index < -0.39 is 5.97 Å². The first-order valence-electron chi connectivity index (χ1n) is 9.97. The van der Waals surface area contributed by atoms with Gasteiger partial charge in [0.15, 0.2) is 30.5 Å². The number of benzene rings is 2. The Balaban J connectivity index is 1.45. The summed E-state index contributed by atoms with van der Waals surface area (Å²) in [7, 11) is 1.44. The Labute approximate surface area is 181 Å². The molecule has 31 heavy (non-hydrogen) atoms. The van der Waals surface area contributed by atoms with E-state index in [0.717, 1.165) is 12.0 Å². The van der Waals surface area contributed by atoms with Crippen molar-refractivity contribution in [3.05, 3.63) is 65.7 Å². The van der Waals surface area contributed by atoms with Gasteiger partial charge in [0.1, 0.15) is 0 Å². The molecular formula is C24H25NO6. The number of ether oxygens (including phenoxy) is 3. The zero-order valence-electron chi connectivity index (χ0n) is 17.6. The molecule has 162 valence electrons. The highest BCUT2D eigenvalue weighted by Crippen LogP contribution is 2.28. The second-order valence-electron chi connectivity index (χ2n) is 7.06. The fourth-order valence-corrected chi connectivity index (χ4v) is 3.23. The van der Waals surface area contributed by atoms with E-state index in [2.05, 4.69) is 0 Å². The second kappa shape index (κ2) is 10.4. The molecule has 0 fully saturated rings. The van der Waals surface area contributed by atoms with Crippen LogP contribution in [0.1, 0.15) is 29.3 Å². The topological polar surface area (TPSA) is 82.1 Å². The summed E-state index contributed by atoms with van der Waals surface area (Å²) in [5, 5.41) is 0. The van der Waals surface area contributed by atoms with Gasteiger partial charge >= 0.3 is 5.97 Å². The molecule has 1 aliphatic rings. The Morgan fingerprint density at radius 2 is 1.77 bits per heavy atom. The van der Waals surface area contributed by atoms with Gasteiger partial charge in [-0.3, -0.25) is 9.59 Å². The van der Waals surface area contributed by atoms with Crippen LogP contribution >= 0.6 is 0 Å². The van der Waals surface area contributed by atoms with Gasteiger partial charge in [-0.15, -0.1) is 0 Å². The van der Waals surface area contributed by atoms with Gasteiger partial charge in [-0.05, 0) is 42.7 Å². The Morgan fingerprint density at radius 1 is 1.00 bits per heavy atom. The zero-order valence-corrected chi connectivity index (χ0v) is 17.6. The molecule has 0 spiro atoms. The predicted molar refractivity (Wildman–Crippen MR) is 115 cm³/mol. The van der Waals surface area contributed by atoms with Crippen LogP contribution in [-0.4, -0.2) is 56.0 Å². The molecule has 1 heterocycles. The number of hydrogen-bond acceptors (Lipinski definition) is 6. The molecule has 3 rings (SSSR count). The van der Waals surface area contributed by atoms with Crippen molar-refractivity contribution in [3.63, 3.8) is 0 Å². The maximum absolute atomic E-state index is 12.3. The zero-order chi connectivity index (χ0) is 22.2. The fourth-order valence-electron chi connectivity index (χ4n) is 3.23. The molecule has 1 amide bonds. The normalized spacial score (nSPS) is 13.2. The number of carbonyl (C=O) groups is 3.